The summed E-state index contributed by atoms with van der Waals surface area (Å²) in [5, 5.41) is 4.80. The van der Waals surface area contributed by atoms with Crippen molar-refractivity contribution in [3.8, 4) is 11.5 Å². The van der Waals surface area contributed by atoms with Crippen LogP contribution >= 0.6 is 11.8 Å². The summed E-state index contributed by atoms with van der Waals surface area (Å²) in [5.41, 5.74) is 0.569. The number of rotatable bonds is 5. The highest BCUT2D eigenvalue weighted by Gasteiger charge is 2.34. The van der Waals surface area contributed by atoms with Gasteiger partial charge in [-0.05, 0) is 19.1 Å². The summed E-state index contributed by atoms with van der Waals surface area (Å²) in [5.74, 6) is 0.500. The molecule has 2 atom stereocenters. The van der Waals surface area contributed by atoms with E-state index in [0.717, 1.165) is 0 Å². The minimum atomic E-state index is -0.661. The maximum absolute atomic E-state index is 12.2. The molecule has 2 heterocycles. The van der Waals surface area contributed by atoms with Gasteiger partial charge in [0, 0.05) is 23.9 Å². The Bertz CT molecular complexity index is 695. The second-order valence-electron chi connectivity index (χ2n) is 5.46. The zero-order valence-corrected chi connectivity index (χ0v) is 14.4. The Morgan fingerprint density at radius 2 is 2.16 bits per heavy atom. The number of thioether (sulfide) groups is 1. The van der Waals surface area contributed by atoms with Gasteiger partial charge < -0.3 is 24.8 Å². The third-order valence-corrected chi connectivity index (χ3v) is 4.98. The van der Waals surface area contributed by atoms with E-state index in [1.165, 1.54) is 11.8 Å². The average Bonchev–Trinajstić information content (AvgIpc) is 3.04. The Balaban J connectivity index is 1.52. The SMILES string of the molecule is CCOC(=O)[C@@H]1CS[C@H](CC(=O)Nc2ccc3c(c2)OCO3)C(=O)N1. The van der Waals surface area contributed by atoms with Gasteiger partial charge >= 0.3 is 5.97 Å². The minimum absolute atomic E-state index is 0.0144. The highest BCUT2D eigenvalue weighted by atomic mass is 32.2. The van der Waals surface area contributed by atoms with Crippen LogP contribution in [0.1, 0.15) is 13.3 Å². The van der Waals surface area contributed by atoms with Crippen molar-refractivity contribution in [1.29, 1.82) is 0 Å². The molecule has 0 saturated carbocycles. The molecule has 1 fully saturated rings. The van der Waals surface area contributed by atoms with Crippen LogP contribution in [0.4, 0.5) is 5.69 Å². The molecule has 2 aliphatic rings. The van der Waals surface area contributed by atoms with E-state index >= 15 is 0 Å². The van der Waals surface area contributed by atoms with Crippen molar-refractivity contribution in [3.05, 3.63) is 18.2 Å². The Kier molecular flexibility index (Phi) is 5.32. The number of hydrogen-bond acceptors (Lipinski definition) is 7. The second kappa shape index (κ2) is 7.64. The molecule has 0 unspecified atom stereocenters. The monoisotopic (exact) mass is 366 g/mol. The molecule has 0 bridgehead atoms. The van der Waals surface area contributed by atoms with Crippen LogP contribution < -0.4 is 20.1 Å². The molecule has 9 heteroatoms. The van der Waals surface area contributed by atoms with Crippen LogP contribution in [0.5, 0.6) is 11.5 Å². The number of ether oxygens (including phenoxy) is 3. The molecule has 0 spiro atoms. The van der Waals surface area contributed by atoms with Crippen LogP contribution in [-0.4, -0.2) is 48.2 Å². The van der Waals surface area contributed by atoms with Crippen molar-refractivity contribution in [2.45, 2.75) is 24.6 Å². The topological polar surface area (TPSA) is 103 Å². The average molecular weight is 366 g/mol. The lowest BCUT2D eigenvalue weighted by Gasteiger charge is -2.27. The molecule has 1 saturated heterocycles. The highest BCUT2D eigenvalue weighted by molar-refractivity contribution is 8.00. The Morgan fingerprint density at radius 1 is 1.36 bits per heavy atom. The summed E-state index contributed by atoms with van der Waals surface area (Å²) in [4.78, 5) is 35.9. The van der Waals surface area contributed by atoms with E-state index in [4.69, 9.17) is 14.2 Å². The molecule has 0 aromatic heterocycles. The van der Waals surface area contributed by atoms with Gasteiger partial charge in [-0.1, -0.05) is 0 Å². The standard InChI is InChI=1S/C16H18N2O6S/c1-2-22-16(21)10-7-25-13(15(20)18-10)6-14(19)17-9-3-4-11-12(5-9)24-8-23-11/h3-5,10,13H,2,6-8H2,1H3,(H,17,19)(H,18,20)/t10-,13+/m0/s1. The largest absolute Gasteiger partial charge is 0.464 e. The number of carbonyl (C=O) groups is 3. The molecule has 2 amide bonds. The zero-order valence-electron chi connectivity index (χ0n) is 13.6. The molecule has 134 valence electrons. The van der Waals surface area contributed by atoms with Crippen LogP contribution in [0.2, 0.25) is 0 Å². The first-order chi connectivity index (χ1) is 12.1. The van der Waals surface area contributed by atoms with Gasteiger partial charge in [-0.3, -0.25) is 9.59 Å². The number of fused-ring (bicyclic) bond motifs is 1. The Morgan fingerprint density at radius 3 is 2.92 bits per heavy atom. The molecule has 0 radical (unpaired) electrons. The highest BCUT2D eigenvalue weighted by Crippen LogP contribution is 2.34. The van der Waals surface area contributed by atoms with E-state index in [9.17, 15) is 14.4 Å². The van der Waals surface area contributed by atoms with Crippen LogP contribution in [-0.2, 0) is 19.1 Å². The van der Waals surface area contributed by atoms with Gasteiger partial charge in [-0.25, -0.2) is 4.79 Å². The lowest BCUT2D eigenvalue weighted by atomic mass is 10.2. The number of anilines is 1. The number of carbonyl (C=O) groups excluding carboxylic acids is 3. The fraction of sp³-hybridized carbons (Fsp3) is 0.438. The maximum atomic E-state index is 12.2. The summed E-state index contributed by atoms with van der Waals surface area (Å²) in [6.07, 6.45) is 0.0144. The second-order valence-corrected chi connectivity index (χ2v) is 6.69. The van der Waals surface area contributed by atoms with Crippen molar-refractivity contribution in [2.24, 2.45) is 0 Å². The first-order valence-corrected chi connectivity index (χ1v) is 8.90. The van der Waals surface area contributed by atoms with Gasteiger partial charge in [-0.15, -0.1) is 11.8 Å². The molecule has 1 aromatic rings. The fourth-order valence-corrected chi connectivity index (χ4v) is 3.60. The van der Waals surface area contributed by atoms with Crippen molar-refractivity contribution in [3.63, 3.8) is 0 Å². The van der Waals surface area contributed by atoms with Gasteiger partial charge in [0.25, 0.3) is 0 Å². The third-order valence-electron chi connectivity index (χ3n) is 3.67. The maximum Gasteiger partial charge on any atom is 0.329 e. The Hall–Kier alpha value is -2.42. The van der Waals surface area contributed by atoms with Crippen LogP contribution in [0, 0.1) is 0 Å². The minimum Gasteiger partial charge on any atom is -0.464 e. The molecule has 0 aliphatic carbocycles. The van der Waals surface area contributed by atoms with Crippen LogP contribution in [0.25, 0.3) is 0 Å². The lowest BCUT2D eigenvalue weighted by molar-refractivity contribution is -0.146. The van der Waals surface area contributed by atoms with Crippen molar-refractivity contribution >= 4 is 35.2 Å². The summed E-state index contributed by atoms with van der Waals surface area (Å²) in [6.45, 7) is 2.13. The van der Waals surface area contributed by atoms with Gasteiger partial charge in [-0.2, -0.15) is 0 Å². The first kappa shape index (κ1) is 17.4. The smallest absolute Gasteiger partial charge is 0.329 e. The first-order valence-electron chi connectivity index (χ1n) is 7.85. The summed E-state index contributed by atoms with van der Waals surface area (Å²) in [7, 11) is 0. The van der Waals surface area contributed by atoms with Gasteiger partial charge in [0.05, 0.1) is 11.9 Å². The number of nitrogens with one attached hydrogen (secondary N) is 2. The zero-order chi connectivity index (χ0) is 17.8. The van der Waals surface area contributed by atoms with Crippen molar-refractivity contribution in [1.82, 2.24) is 5.32 Å². The molecule has 2 aliphatic heterocycles. The van der Waals surface area contributed by atoms with E-state index < -0.39 is 17.3 Å². The molecule has 8 nitrogen and oxygen atoms in total. The normalized spacial score (nSPS) is 21.4. The van der Waals surface area contributed by atoms with E-state index in [0.29, 0.717) is 22.9 Å². The molecule has 25 heavy (non-hydrogen) atoms. The van der Waals surface area contributed by atoms with Gasteiger partial charge in [0.1, 0.15) is 6.04 Å². The van der Waals surface area contributed by atoms with Crippen molar-refractivity contribution in [2.75, 3.05) is 24.5 Å². The molecular weight excluding hydrogens is 348 g/mol. The van der Waals surface area contributed by atoms with Gasteiger partial charge in [0.2, 0.25) is 18.6 Å². The van der Waals surface area contributed by atoms with Crippen LogP contribution in [0.3, 0.4) is 0 Å². The predicted octanol–water partition coefficient (Wildman–Crippen LogP) is 0.907. The van der Waals surface area contributed by atoms with Gasteiger partial charge in [0.15, 0.2) is 11.5 Å². The van der Waals surface area contributed by atoms with Crippen LogP contribution in [0.15, 0.2) is 18.2 Å². The summed E-state index contributed by atoms with van der Waals surface area (Å²) < 4.78 is 15.4. The van der Waals surface area contributed by atoms with E-state index in [-0.39, 0.29) is 31.6 Å². The fourth-order valence-electron chi connectivity index (χ4n) is 2.47. The number of amides is 2. The number of esters is 1. The summed E-state index contributed by atoms with van der Waals surface area (Å²) in [6, 6.07) is 4.43. The molecule has 2 N–H and O–H groups in total. The third kappa shape index (κ3) is 4.16. The number of hydrogen-bond donors (Lipinski definition) is 2. The summed E-state index contributed by atoms with van der Waals surface area (Å²) >= 11 is 1.27. The Labute approximate surface area is 148 Å². The van der Waals surface area contributed by atoms with Crippen molar-refractivity contribution < 1.29 is 28.6 Å². The lowest BCUT2D eigenvalue weighted by Crippen LogP contribution is -2.51. The molecule has 3 rings (SSSR count). The van der Waals surface area contributed by atoms with E-state index in [2.05, 4.69) is 10.6 Å². The molecule has 1 aromatic carbocycles. The predicted molar refractivity (Wildman–Crippen MR) is 90.6 cm³/mol. The number of benzene rings is 1. The van der Waals surface area contributed by atoms with E-state index in [1.54, 1.807) is 25.1 Å². The van der Waals surface area contributed by atoms with E-state index in [1.807, 2.05) is 0 Å². The quantitative estimate of drug-likeness (QED) is 0.747. The molecular formula is C16H18N2O6S.